The number of aliphatic carboxylic acids is 1. The highest BCUT2D eigenvalue weighted by molar-refractivity contribution is 7.91. The quantitative estimate of drug-likeness (QED) is 0.181. The lowest BCUT2D eigenvalue weighted by atomic mass is 9.30. The standard InChI is InChI=1S/C45H73FN4O6S2/c1-31(2)33-11-18-43(49-22-26-57(53,54)27-23-50-24-28-58(55,56)29-25-50)21-20-41(7)40(6)15-12-35-38(3,4)34(32-8-16-42(30-46,17-9-32)37(51)52)10-14-39(35,5)36(40)13-19-44(41,47)45(33,43)48/h8,10,33,35-36,49H,1,9,11-30,47-48H2,2-7H3,(H,51,52)/t33-,35-,36+,39-,40+,41-,42-,43?,44?,45+/m0/s1. The summed E-state index contributed by atoms with van der Waals surface area (Å²) in [7, 11) is -6.44. The number of alkyl halides is 1. The van der Waals surface area contributed by atoms with Crippen molar-refractivity contribution in [2.24, 2.45) is 56.3 Å². The fraction of sp³-hybridized carbons (Fsp3) is 0.844. The number of nitrogens with two attached hydrogens (primary N) is 2. The van der Waals surface area contributed by atoms with Crippen molar-refractivity contribution in [3.05, 3.63) is 35.5 Å². The van der Waals surface area contributed by atoms with E-state index in [-0.39, 0.29) is 63.6 Å². The third kappa shape index (κ3) is 6.33. The highest BCUT2D eigenvalue weighted by Gasteiger charge is 2.79. The van der Waals surface area contributed by atoms with E-state index in [0.717, 1.165) is 63.4 Å². The van der Waals surface area contributed by atoms with Crippen LogP contribution >= 0.6 is 0 Å². The van der Waals surface area contributed by atoms with Crippen molar-refractivity contribution >= 4 is 25.6 Å². The maximum Gasteiger partial charge on any atom is 0.312 e. The molecular formula is C45H73FN4O6S2. The first-order valence-electron chi connectivity index (χ1n) is 22.1. The zero-order chi connectivity index (χ0) is 42.6. The van der Waals surface area contributed by atoms with E-state index in [4.69, 9.17) is 11.5 Å². The van der Waals surface area contributed by atoms with Crippen molar-refractivity contribution in [2.45, 2.75) is 135 Å². The number of allylic oxidation sites excluding steroid dienone is 4. The predicted octanol–water partition coefficient (Wildman–Crippen LogP) is 5.98. The summed E-state index contributed by atoms with van der Waals surface area (Å²) < 4.78 is 64.6. The summed E-state index contributed by atoms with van der Waals surface area (Å²) >= 11 is 0. The number of nitrogens with zero attached hydrogens (tertiary/aromatic N) is 1. The first-order valence-corrected chi connectivity index (χ1v) is 25.8. The molecule has 7 aliphatic rings. The molecule has 58 heavy (non-hydrogen) atoms. The summed E-state index contributed by atoms with van der Waals surface area (Å²) in [5.74, 6) is -0.0907. The molecule has 0 amide bonds. The minimum Gasteiger partial charge on any atom is -0.481 e. The summed E-state index contributed by atoms with van der Waals surface area (Å²) in [6.45, 7) is 19.3. The van der Waals surface area contributed by atoms with Crippen molar-refractivity contribution < 1.29 is 31.1 Å². The molecule has 5 fully saturated rings. The van der Waals surface area contributed by atoms with E-state index in [1.807, 2.05) is 11.0 Å². The molecule has 4 saturated carbocycles. The van der Waals surface area contributed by atoms with Crippen molar-refractivity contribution in [1.29, 1.82) is 0 Å². The molecule has 0 aromatic rings. The van der Waals surface area contributed by atoms with Gasteiger partial charge in [-0.3, -0.25) is 4.79 Å². The number of carbonyl (C=O) groups is 1. The van der Waals surface area contributed by atoms with E-state index in [9.17, 15) is 31.1 Å². The first kappa shape index (κ1) is 44.4. The number of sulfone groups is 2. The highest BCUT2D eigenvalue weighted by Crippen LogP contribution is 2.77. The molecule has 0 aromatic carbocycles. The SMILES string of the molecule is C=C(C)[C@@H]1CCC2(NCCS(=O)(=O)CCN3CCS(=O)(=O)CC3)CC[C@]3(C)C(N)(CC[C@@H]4[C@@]5(C)CC=C(C6=CC[C@](CF)(C(=O)O)CC6)C(C)(C)[C@@H]5CC[C@]43C)[C@@]12N. The van der Waals surface area contributed by atoms with Crippen LogP contribution in [0.15, 0.2) is 35.5 Å². The third-order valence-electron chi connectivity index (χ3n) is 19.0. The lowest BCUT2D eigenvalue weighted by Gasteiger charge is -2.77. The number of rotatable bonds is 11. The lowest BCUT2D eigenvalue weighted by Crippen LogP contribution is -2.89. The van der Waals surface area contributed by atoms with Gasteiger partial charge in [0.15, 0.2) is 19.7 Å². The van der Waals surface area contributed by atoms with Crippen LogP contribution < -0.4 is 16.8 Å². The molecule has 0 bridgehead atoms. The summed E-state index contributed by atoms with van der Waals surface area (Å²) in [4.78, 5) is 14.0. The maximum absolute atomic E-state index is 14.0. The Bertz CT molecular complexity index is 1970. The van der Waals surface area contributed by atoms with Crippen LogP contribution in [-0.2, 0) is 24.5 Å². The van der Waals surface area contributed by atoms with E-state index in [1.54, 1.807) is 0 Å². The Kier molecular flexibility index (Phi) is 11.1. The Morgan fingerprint density at radius 3 is 2.22 bits per heavy atom. The molecule has 0 radical (unpaired) electrons. The number of hydrogen-bond donors (Lipinski definition) is 4. The minimum absolute atomic E-state index is 0.00204. The first-order chi connectivity index (χ1) is 26.8. The monoisotopic (exact) mass is 848 g/mol. The second-order valence-electron chi connectivity index (χ2n) is 21.6. The van der Waals surface area contributed by atoms with Gasteiger partial charge in [0.2, 0.25) is 0 Å². The van der Waals surface area contributed by atoms with Crippen LogP contribution in [0.4, 0.5) is 4.39 Å². The molecule has 6 N–H and O–H groups in total. The van der Waals surface area contributed by atoms with E-state index in [0.29, 0.717) is 44.3 Å². The molecule has 0 aromatic heterocycles. The van der Waals surface area contributed by atoms with E-state index in [1.165, 1.54) is 11.1 Å². The van der Waals surface area contributed by atoms with Gasteiger partial charge in [-0.2, -0.15) is 0 Å². The molecule has 10 atom stereocenters. The normalized spacial score (nSPS) is 44.8. The van der Waals surface area contributed by atoms with Gasteiger partial charge in [-0.05, 0) is 129 Å². The van der Waals surface area contributed by atoms with Crippen LogP contribution in [0.2, 0.25) is 0 Å². The maximum atomic E-state index is 14.0. The molecule has 0 spiro atoms. The topological polar surface area (TPSA) is 173 Å². The van der Waals surface area contributed by atoms with Gasteiger partial charge in [0.1, 0.15) is 6.67 Å². The Morgan fingerprint density at radius 1 is 0.948 bits per heavy atom. The van der Waals surface area contributed by atoms with Crippen molar-refractivity contribution in [2.75, 3.05) is 55.9 Å². The fourth-order valence-corrected chi connectivity index (χ4v) is 17.7. The Balaban J connectivity index is 1.13. The molecule has 7 rings (SSSR count). The number of fused-ring (bicyclic) bond motifs is 7. The van der Waals surface area contributed by atoms with Gasteiger partial charge >= 0.3 is 5.97 Å². The van der Waals surface area contributed by atoms with Gasteiger partial charge in [0.25, 0.3) is 0 Å². The molecule has 6 aliphatic carbocycles. The van der Waals surface area contributed by atoms with Crippen LogP contribution in [0, 0.1) is 44.8 Å². The predicted molar refractivity (Wildman–Crippen MR) is 229 cm³/mol. The highest BCUT2D eigenvalue weighted by atomic mass is 32.2. The summed E-state index contributed by atoms with van der Waals surface area (Å²) in [5.41, 5.74) is 15.8. The minimum atomic E-state index is -3.41. The van der Waals surface area contributed by atoms with Gasteiger partial charge in [0.05, 0.1) is 34.0 Å². The van der Waals surface area contributed by atoms with Crippen LogP contribution in [0.5, 0.6) is 0 Å². The second kappa shape index (κ2) is 14.5. The molecule has 1 aliphatic heterocycles. The summed E-state index contributed by atoms with van der Waals surface area (Å²) in [5, 5.41) is 13.7. The van der Waals surface area contributed by atoms with Gasteiger partial charge in [0, 0.05) is 43.2 Å². The average molecular weight is 849 g/mol. The van der Waals surface area contributed by atoms with E-state index in [2.05, 4.69) is 59.5 Å². The molecule has 1 saturated heterocycles. The zero-order valence-electron chi connectivity index (χ0n) is 36.2. The second-order valence-corrected chi connectivity index (χ2v) is 26.2. The van der Waals surface area contributed by atoms with Gasteiger partial charge < -0.3 is 26.8 Å². The lowest BCUT2D eigenvalue weighted by molar-refractivity contribution is -0.234. The molecular weight excluding hydrogens is 776 g/mol. The number of halogens is 1. The zero-order valence-corrected chi connectivity index (χ0v) is 37.9. The van der Waals surface area contributed by atoms with Crippen molar-refractivity contribution in [3.8, 4) is 0 Å². The van der Waals surface area contributed by atoms with Crippen LogP contribution in [-0.4, -0.2) is 105 Å². The number of nitrogens with one attached hydrogen (secondary N) is 1. The molecule has 1 heterocycles. The largest absolute Gasteiger partial charge is 0.481 e. The van der Waals surface area contributed by atoms with Crippen LogP contribution in [0.1, 0.15) is 119 Å². The Morgan fingerprint density at radius 2 is 1.62 bits per heavy atom. The van der Waals surface area contributed by atoms with Gasteiger partial charge in [-0.25, -0.2) is 21.2 Å². The molecule has 328 valence electrons. The number of carboxylic acids is 1. The average Bonchev–Trinajstić information content (AvgIpc) is 3.45. The van der Waals surface area contributed by atoms with Crippen molar-refractivity contribution in [1.82, 2.24) is 10.2 Å². The molecule has 13 heteroatoms. The smallest absolute Gasteiger partial charge is 0.312 e. The van der Waals surface area contributed by atoms with Crippen LogP contribution in [0.3, 0.4) is 0 Å². The van der Waals surface area contributed by atoms with Crippen LogP contribution in [0.25, 0.3) is 0 Å². The third-order valence-corrected chi connectivity index (χ3v) is 22.2. The van der Waals surface area contributed by atoms with Gasteiger partial charge in [-0.15, -0.1) is 0 Å². The fourth-order valence-electron chi connectivity index (χ4n) is 15.3. The molecule has 2 unspecified atom stereocenters. The summed E-state index contributed by atoms with van der Waals surface area (Å²) in [6.07, 6.45) is 13.7. The molecule has 10 nitrogen and oxygen atoms in total. The Labute approximate surface area is 348 Å². The number of hydrogen-bond acceptors (Lipinski definition) is 9. The van der Waals surface area contributed by atoms with Gasteiger partial charge in [-0.1, -0.05) is 58.9 Å². The van der Waals surface area contributed by atoms with E-state index >= 15 is 0 Å². The number of carboxylic acid groups (broad SMARTS) is 1. The van der Waals surface area contributed by atoms with E-state index < -0.39 is 54.4 Å². The summed E-state index contributed by atoms with van der Waals surface area (Å²) in [6, 6.07) is 0. The Hall–Kier alpha value is -1.64. The van der Waals surface area contributed by atoms with Crippen molar-refractivity contribution in [3.63, 3.8) is 0 Å².